The summed E-state index contributed by atoms with van der Waals surface area (Å²) in [5.74, 6) is 0. The van der Waals surface area contributed by atoms with Crippen molar-refractivity contribution in [3.63, 3.8) is 0 Å². The van der Waals surface area contributed by atoms with Crippen LogP contribution in [0.3, 0.4) is 0 Å². The second-order valence-corrected chi connectivity index (χ2v) is 3.40. The standard InChI is InChI=1S/C6H6Br2N2/c1-9-5-2-6(8)10-3-4(5)7/h2-3H,1H3,(H,9,10). The molecular formula is C6H6Br2N2. The molecule has 1 heterocycles. The Hall–Kier alpha value is -0.0900. The Bertz CT molecular complexity index is 237. The molecule has 0 spiro atoms. The number of aromatic nitrogens is 1. The van der Waals surface area contributed by atoms with Gasteiger partial charge in [-0.05, 0) is 37.9 Å². The van der Waals surface area contributed by atoms with E-state index in [-0.39, 0.29) is 0 Å². The monoisotopic (exact) mass is 264 g/mol. The average molecular weight is 266 g/mol. The fourth-order valence-corrected chi connectivity index (χ4v) is 1.35. The van der Waals surface area contributed by atoms with Crippen LogP contribution in [0, 0.1) is 0 Å². The number of hydrogen-bond donors (Lipinski definition) is 1. The van der Waals surface area contributed by atoms with Crippen molar-refractivity contribution < 1.29 is 0 Å². The second-order valence-electron chi connectivity index (χ2n) is 1.74. The Morgan fingerprint density at radius 2 is 2.20 bits per heavy atom. The summed E-state index contributed by atoms with van der Waals surface area (Å²) in [6, 6.07) is 1.91. The van der Waals surface area contributed by atoms with E-state index in [9.17, 15) is 0 Å². The molecule has 2 nitrogen and oxygen atoms in total. The molecule has 4 heteroatoms. The molecule has 1 aromatic heterocycles. The molecule has 0 aliphatic carbocycles. The van der Waals surface area contributed by atoms with Gasteiger partial charge in [-0.25, -0.2) is 4.98 Å². The van der Waals surface area contributed by atoms with Crippen molar-refractivity contribution in [3.8, 4) is 0 Å². The molecule has 54 valence electrons. The molecular weight excluding hydrogens is 260 g/mol. The highest BCUT2D eigenvalue weighted by atomic mass is 79.9. The number of nitrogens with one attached hydrogen (secondary N) is 1. The number of pyridine rings is 1. The predicted octanol–water partition coefficient (Wildman–Crippen LogP) is 2.65. The van der Waals surface area contributed by atoms with Gasteiger partial charge in [0.2, 0.25) is 0 Å². The average Bonchev–Trinajstić information content (AvgIpc) is 1.94. The fraction of sp³-hybridized carbons (Fsp3) is 0.167. The molecule has 0 unspecified atom stereocenters. The lowest BCUT2D eigenvalue weighted by Gasteiger charge is -2.01. The Morgan fingerprint density at radius 3 is 2.70 bits per heavy atom. The molecule has 10 heavy (non-hydrogen) atoms. The zero-order chi connectivity index (χ0) is 7.56. The molecule has 1 N–H and O–H groups in total. The molecule has 0 fully saturated rings. The van der Waals surface area contributed by atoms with Gasteiger partial charge in [0.05, 0.1) is 10.2 Å². The topological polar surface area (TPSA) is 24.9 Å². The quantitative estimate of drug-likeness (QED) is 0.790. The molecule has 0 aromatic carbocycles. The first kappa shape index (κ1) is 8.01. The first-order chi connectivity index (χ1) is 4.74. The lowest BCUT2D eigenvalue weighted by atomic mass is 10.4. The van der Waals surface area contributed by atoms with E-state index in [4.69, 9.17) is 0 Å². The fourth-order valence-electron chi connectivity index (χ4n) is 0.605. The SMILES string of the molecule is CNc1cc(Br)ncc1Br. The molecule has 0 radical (unpaired) electrons. The highest BCUT2D eigenvalue weighted by Gasteiger charge is 1.96. The van der Waals surface area contributed by atoms with Gasteiger partial charge in [0.25, 0.3) is 0 Å². The summed E-state index contributed by atoms with van der Waals surface area (Å²) < 4.78 is 1.80. The zero-order valence-corrected chi connectivity index (χ0v) is 8.53. The van der Waals surface area contributed by atoms with Crippen LogP contribution in [0.1, 0.15) is 0 Å². The summed E-state index contributed by atoms with van der Waals surface area (Å²) in [5, 5.41) is 3.02. The van der Waals surface area contributed by atoms with E-state index in [1.165, 1.54) is 0 Å². The van der Waals surface area contributed by atoms with Crippen molar-refractivity contribution >= 4 is 37.5 Å². The van der Waals surface area contributed by atoms with Crippen LogP contribution in [-0.2, 0) is 0 Å². The van der Waals surface area contributed by atoms with Gasteiger partial charge in [-0.15, -0.1) is 0 Å². The van der Waals surface area contributed by atoms with Gasteiger partial charge in [-0.1, -0.05) is 0 Å². The third-order valence-corrected chi connectivity index (χ3v) is 2.16. The number of anilines is 1. The summed E-state index contributed by atoms with van der Waals surface area (Å²) in [5.41, 5.74) is 1.03. The van der Waals surface area contributed by atoms with Crippen molar-refractivity contribution in [2.45, 2.75) is 0 Å². The van der Waals surface area contributed by atoms with E-state index < -0.39 is 0 Å². The van der Waals surface area contributed by atoms with E-state index in [2.05, 4.69) is 42.2 Å². The molecule has 0 amide bonds. The van der Waals surface area contributed by atoms with Gasteiger partial charge >= 0.3 is 0 Å². The van der Waals surface area contributed by atoms with Crippen molar-refractivity contribution in [2.24, 2.45) is 0 Å². The molecule has 1 aromatic rings. The molecule has 0 saturated carbocycles. The van der Waals surface area contributed by atoms with Gasteiger partial charge in [-0.2, -0.15) is 0 Å². The minimum absolute atomic E-state index is 0.833. The lowest BCUT2D eigenvalue weighted by Crippen LogP contribution is -1.89. The minimum atomic E-state index is 0.833. The van der Waals surface area contributed by atoms with Crippen molar-refractivity contribution in [1.29, 1.82) is 0 Å². The van der Waals surface area contributed by atoms with Crippen molar-refractivity contribution in [2.75, 3.05) is 12.4 Å². The largest absolute Gasteiger partial charge is 0.387 e. The van der Waals surface area contributed by atoms with E-state index in [1.54, 1.807) is 6.20 Å². The van der Waals surface area contributed by atoms with E-state index in [0.717, 1.165) is 14.8 Å². The smallest absolute Gasteiger partial charge is 0.108 e. The minimum Gasteiger partial charge on any atom is -0.387 e. The van der Waals surface area contributed by atoms with Crippen LogP contribution in [0.4, 0.5) is 5.69 Å². The molecule has 0 bridgehead atoms. The number of hydrogen-bond acceptors (Lipinski definition) is 2. The Morgan fingerprint density at radius 1 is 1.50 bits per heavy atom. The molecule has 0 saturated heterocycles. The van der Waals surface area contributed by atoms with E-state index >= 15 is 0 Å². The van der Waals surface area contributed by atoms with E-state index in [0.29, 0.717) is 0 Å². The van der Waals surface area contributed by atoms with Crippen molar-refractivity contribution in [1.82, 2.24) is 4.98 Å². The van der Waals surface area contributed by atoms with E-state index in [1.807, 2.05) is 13.1 Å². The second kappa shape index (κ2) is 3.34. The predicted molar refractivity (Wildman–Crippen MR) is 49.2 cm³/mol. The maximum absolute atomic E-state index is 4.02. The highest BCUT2D eigenvalue weighted by Crippen LogP contribution is 2.22. The summed E-state index contributed by atoms with van der Waals surface area (Å²) in [6.45, 7) is 0. The third-order valence-electron chi connectivity index (χ3n) is 1.09. The first-order valence-electron chi connectivity index (χ1n) is 2.73. The molecule has 1 rings (SSSR count). The van der Waals surface area contributed by atoms with Crippen LogP contribution in [0.15, 0.2) is 21.3 Å². The third kappa shape index (κ3) is 1.70. The van der Waals surface area contributed by atoms with Crippen LogP contribution >= 0.6 is 31.9 Å². The summed E-state index contributed by atoms with van der Waals surface area (Å²) >= 11 is 6.61. The number of rotatable bonds is 1. The number of nitrogens with zero attached hydrogens (tertiary/aromatic N) is 1. The lowest BCUT2D eigenvalue weighted by molar-refractivity contribution is 1.25. The Balaban J connectivity index is 3.09. The molecule has 0 aliphatic rings. The van der Waals surface area contributed by atoms with Crippen LogP contribution in [0.25, 0.3) is 0 Å². The summed E-state index contributed by atoms with van der Waals surface area (Å²) in [4.78, 5) is 4.02. The normalized spacial score (nSPS) is 9.50. The summed E-state index contributed by atoms with van der Waals surface area (Å²) in [6.07, 6.45) is 1.75. The van der Waals surface area contributed by atoms with Gasteiger partial charge in [0.1, 0.15) is 4.60 Å². The Kier molecular flexibility index (Phi) is 2.68. The van der Waals surface area contributed by atoms with Gasteiger partial charge in [-0.3, -0.25) is 0 Å². The van der Waals surface area contributed by atoms with Crippen LogP contribution in [-0.4, -0.2) is 12.0 Å². The maximum atomic E-state index is 4.02. The van der Waals surface area contributed by atoms with Gasteiger partial charge in [0.15, 0.2) is 0 Å². The summed E-state index contributed by atoms with van der Waals surface area (Å²) in [7, 11) is 1.87. The van der Waals surface area contributed by atoms with Crippen LogP contribution in [0.5, 0.6) is 0 Å². The van der Waals surface area contributed by atoms with Crippen LogP contribution < -0.4 is 5.32 Å². The number of halogens is 2. The zero-order valence-electron chi connectivity index (χ0n) is 5.36. The first-order valence-corrected chi connectivity index (χ1v) is 4.31. The van der Waals surface area contributed by atoms with Gasteiger partial charge < -0.3 is 5.32 Å². The maximum Gasteiger partial charge on any atom is 0.108 e. The van der Waals surface area contributed by atoms with Gasteiger partial charge in [0, 0.05) is 13.2 Å². The van der Waals surface area contributed by atoms with Crippen molar-refractivity contribution in [3.05, 3.63) is 21.3 Å². The molecule has 0 aliphatic heterocycles. The Labute approximate surface area is 76.3 Å². The highest BCUT2D eigenvalue weighted by molar-refractivity contribution is 9.11. The van der Waals surface area contributed by atoms with Crippen LogP contribution in [0.2, 0.25) is 0 Å². The molecule has 0 atom stereocenters.